The van der Waals surface area contributed by atoms with Crippen molar-refractivity contribution in [1.29, 1.82) is 0 Å². The van der Waals surface area contributed by atoms with Crippen LogP contribution < -0.4 is 0 Å². The van der Waals surface area contributed by atoms with Gasteiger partial charge in [0, 0.05) is 32.1 Å². The van der Waals surface area contributed by atoms with Crippen molar-refractivity contribution in [1.82, 2.24) is 0 Å². The lowest BCUT2D eigenvalue weighted by Crippen LogP contribution is -2.45. The molecule has 0 N–H and O–H groups in total. The van der Waals surface area contributed by atoms with E-state index in [1.165, 1.54) is 13.2 Å². The fraction of sp³-hybridized carbons (Fsp3) is 0.357. The van der Waals surface area contributed by atoms with Gasteiger partial charge in [0.1, 0.15) is 19.2 Å². The minimum Gasteiger partial charge on any atom is -0.466 e. The Morgan fingerprint density at radius 1 is 0.680 bits per heavy atom. The molecule has 0 aromatic heterocycles. The van der Waals surface area contributed by atoms with Crippen molar-refractivity contribution in [2.24, 2.45) is 11.8 Å². The summed E-state index contributed by atoms with van der Waals surface area (Å²) in [4.78, 5) is 12.1. The summed E-state index contributed by atoms with van der Waals surface area (Å²) in [6.45, 7) is 4.76. The molecule has 266 valence electrons. The van der Waals surface area contributed by atoms with E-state index in [1.54, 1.807) is 20.3 Å². The van der Waals surface area contributed by atoms with E-state index in [0.29, 0.717) is 6.61 Å². The van der Waals surface area contributed by atoms with Crippen LogP contribution in [0, 0.1) is 11.8 Å². The molecule has 0 radical (unpaired) electrons. The zero-order valence-corrected chi connectivity index (χ0v) is 29.7. The molecule has 0 aliphatic rings. The summed E-state index contributed by atoms with van der Waals surface area (Å²) < 4.78 is 41.9. The van der Waals surface area contributed by atoms with Gasteiger partial charge in [-0.3, -0.25) is 0 Å². The highest BCUT2D eigenvalue weighted by Crippen LogP contribution is 2.41. The minimum atomic E-state index is -0.917. The highest BCUT2D eigenvalue weighted by Gasteiger charge is 2.40. The summed E-state index contributed by atoms with van der Waals surface area (Å²) in [6, 6.07) is 40.6. The van der Waals surface area contributed by atoms with Gasteiger partial charge in [-0.1, -0.05) is 135 Å². The first-order valence-electron chi connectivity index (χ1n) is 16.9. The smallest absolute Gasteiger partial charge is 0.330 e. The maximum absolute atomic E-state index is 12.1. The maximum atomic E-state index is 12.1. The number of hydrogen-bond acceptors (Lipinski definition) is 8. The molecule has 0 bridgehead atoms. The summed E-state index contributed by atoms with van der Waals surface area (Å²) in [6.07, 6.45) is 1.63. The SMILES string of the molecule is COCO[C@H]([C@H](C)[C@H](COC(c1ccccc1)(c1ccccc1)c1ccccc1)OC)[C@H](C)[C@@H](/C=C/C(=O)OC)OCOCc1ccccc1. The Labute approximate surface area is 296 Å². The van der Waals surface area contributed by atoms with Gasteiger partial charge in [-0.15, -0.1) is 0 Å². The third-order valence-corrected chi connectivity index (χ3v) is 8.91. The topological polar surface area (TPSA) is 81.7 Å². The second kappa shape index (κ2) is 20.5. The van der Waals surface area contributed by atoms with Gasteiger partial charge in [-0.2, -0.15) is 0 Å². The van der Waals surface area contributed by atoms with Crippen LogP contribution in [0.5, 0.6) is 0 Å². The third kappa shape index (κ3) is 10.4. The highest BCUT2D eigenvalue weighted by molar-refractivity contribution is 5.81. The molecule has 0 spiro atoms. The standard InChI is InChI=1S/C42H50O8/c1-32(38(26-27-40(43)46-5)48-31-47-28-34-18-10-6-11-19-34)41(49-30-44-3)33(2)39(45-4)29-50-42(35-20-12-7-13-21-35,36-22-14-8-15-23-36)37-24-16-9-17-25-37/h6-27,32-33,38-39,41H,28-31H2,1-5H3/b27-26+/t32-,33-,38-,39+,41+/m1/s1. The first kappa shape index (κ1) is 38.6. The van der Waals surface area contributed by atoms with E-state index in [-0.39, 0.29) is 32.0 Å². The van der Waals surface area contributed by atoms with Crippen LogP contribution in [0.15, 0.2) is 133 Å². The van der Waals surface area contributed by atoms with Crippen molar-refractivity contribution in [2.45, 2.75) is 44.4 Å². The van der Waals surface area contributed by atoms with Crippen molar-refractivity contribution in [3.05, 3.63) is 156 Å². The molecular weight excluding hydrogens is 632 g/mol. The van der Waals surface area contributed by atoms with Crippen LogP contribution in [0.3, 0.4) is 0 Å². The van der Waals surface area contributed by atoms with Crippen LogP contribution in [0.1, 0.15) is 36.1 Å². The Morgan fingerprint density at radius 3 is 1.68 bits per heavy atom. The monoisotopic (exact) mass is 682 g/mol. The van der Waals surface area contributed by atoms with E-state index >= 15 is 0 Å². The second-order valence-electron chi connectivity index (χ2n) is 12.1. The molecule has 0 heterocycles. The van der Waals surface area contributed by atoms with Crippen molar-refractivity contribution in [3.8, 4) is 0 Å². The fourth-order valence-electron chi connectivity index (χ4n) is 6.22. The summed E-state index contributed by atoms with van der Waals surface area (Å²) in [5.74, 6) is -0.977. The van der Waals surface area contributed by atoms with Gasteiger partial charge < -0.3 is 33.2 Å². The van der Waals surface area contributed by atoms with Crippen LogP contribution in [0.25, 0.3) is 0 Å². The van der Waals surface area contributed by atoms with Crippen molar-refractivity contribution in [3.63, 3.8) is 0 Å². The van der Waals surface area contributed by atoms with Crippen LogP contribution in [-0.4, -0.2) is 65.8 Å². The molecule has 0 aliphatic carbocycles. The lowest BCUT2D eigenvalue weighted by molar-refractivity contribution is -0.168. The highest BCUT2D eigenvalue weighted by atomic mass is 16.7. The molecule has 0 fully saturated rings. The van der Waals surface area contributed by atoms with Crippen molar-refractivity contribution < 1.29 is 38.0 Å². The third-order valence-electron chi connectivity index (χ3n) is 8.91. The number of carbonyl (C=O) groups is 1. The average molecular weight is 683 g/mol. The van der Waals surface area contributed by atoms with Crippen molar-refractivity contribution >= 4 is 5.97 Å². The van der Waals surface area contributed by atoms with Crippen LogP contribution in [0.2, 0.25) is 0 Å². The molecule has 8 heteroatoms. The first-order chi connectivity index (χ1) is 24.4. The molecule has 0 unspecified atom stereocenters. The number of esters is 1. The van der Waals surface area contributed by atoms with E-state index in [1.807, 2.05) is 91.9 Å². The Hall–Kier alpha value is -4.15. The molecule has 0 saturated heterocycles. The molecule has 0 saturated carbocycles. The fourth-order valence-corrected chi connectivity index (χ4v) is 6.22. The number of hydrogen-bond donors (Lipinski definition) is 0. The van der Waals surface area contributed by atoms with E-state index < -0.39 is 29.9 Å². The van der Waals surface area contributed by atoms with E-state index in [0.717, 1.165) is 22.3 Å². The van der Waals surface area contributed by atoms with E-state index in [2.05, 4.69) is 43.3 Å². The first-order valence-corrected chi connectivity index (χ1v) is 16.9. The second-order valence-corrected chi connectivity index (χ2v) is 12.1. The largest absolute Gasteiger partial charge is 0.466 e. The molecule has 0 amide bonds. The van der Waals surface area contributed by atoms with Crippen LogP contribution in [-0.2, 0) is 50.2 Å². The molecule has 50 heavy (non-hydrogen) atoms. The van der Waals surface area contributed by atoms with Gasteiger partial charge in [0.15, 0.2) is 0 Å². The Bertz CT molecular complexity index is 1430. The molecule has 8 nitrogen and oxygen atoms in total. The van der Waals surface area contributed by atoms with Gasteiger partial charge in [0.25, 0.3) is 0 Å². The molecule has 5 atom stereocenters. The van der Waals surface area contributed by atoms with Gasteiger partial charge in [0.2, 0.25) is 0 Å². The predicted octanol–water partition coefficient (Wildman–Crippen LogP) is 7.56. The van der Waals surface area contributed by atoms with Gasteiger partial charge in [-0.25, -0.2) is 4.79 Å². The lowest BCUT2D eigenvalue weighted by Gasteiger charge is -2.40. The van der Waals surface area contributed by atoms with Gasteiger partial charge in [-0.05, 0) is 28.3 Å². The van der Waals surface area contributed by atoms with Crippen LogP contribution in [0.4, 0.5) is 0 Å². The Morgan fingerprint density at radius 2 is 1.20 bits per heavy atom. The van der Waals surface area contributed by atoms with Gasteiger partial charge in [0.05, 0.1) is 38.6 Å². The maximum Gasteiger partial charge on any atom is 0.330 e. The number of carbonyl (C=O) groups excluding carboxylic acids is 1. The summed E-state index contributed by atoms with van der Waals surface area (Å²) in [7, 11) is 4.60. The summed E-state index contributed by atoms with van der Waals surface area (Å²) in [5, 5.41) is 0. The number of methoxy groups -OCH3 is 3. The quantitative estimate of drug-likeness (QED) is 0.0293. The lowest BCUT2D eigenvalue weighted by atomic mass is 9.80. The number of ether oxygens (including phenoxy) is 7. The minimum absolute atomic E-state index is 0.00531. The Balaban J connectivity index is 1.61. The normalized spacial score (nSPS) is 14.9. The molecule has 4 rings (SSSR count). The number of rotatable bonds is 21. The van der Waals surface area contributed by atoms with E-state index in [9.17, 15) is 4.79 Å². The van der Waals surface area contributed by atoms with Crippen LogP contribution >= 0.6 is 0 Å². The Kier molecular flexibility index (Phi) is 15.9. The zero-order valence-electron chi connectivity index (χ0n) is 29.7. The van der Waals surface area contributed by atoms with E-state index in [4.69, 9.17) is 33.2 Å². The number of benzene rings is 4. The molecule has 4 aromatic carbocycles. The summed E-state index contributed by atoms with van der Waals surface area (Å²) >= 11 is 0. The molecule has 0 aliphatic heterocycles. The van der Waals surface area contributed by atoms with Gasteiger partial charge >= 0.3 is 5.97 Å². The average Bonchev–Trinajstić information content (AvgIpc) is 3.17. The summed E-state index contributed by atoms with van der Waals surface area (Å²) in [5.41, 5.74) is 3.10. The predicted molar refractivity (Wildman–Crippen MR) is 193 cm³/mol. The zero-order chi connectivity index (χ0) is 35.6. The molecule has 4 aromatic rings. The molecular formula is C42H50O8. The van der Waals surface area contributed by atoms with Crippen molar-refractivity contribution in [2.75, 3.05) is 41.5 Å².